The first-order chi connectivity index (χ1) is 13.4. The minimum absolute atomic E-state index is 0.0322. The second-order valence-corrected chi connectivity index (χ2v) is 6.32. The molecule has 0 unspecified atom stereocenters. The number of hydrogen-bond acceptors (Lipinski definition) is 5. The molecule has 0 bridgehead atoms. The van der Waals surface area contributed by atoms with Gasteiger partial charge in [-0.2, -0.15) is 0 Å². The van der Waals surface area contributed by atoms with Crippen molar-refractivity contribution in [3.8, 4) is 17.2 Å². The van der Waals surface area contributed by atoms with E-state index in [0.29, 0.717) is 29.4 Å². The molecule has 6 nitrogen and oxygen atoms in total. The number of nitro groups is 1. The molecule has 0 aromatic heterocycles. The first-order valence-corrected chi connectivity index (χ1v) is 8.68. The highest BCUT2D eigenvalue weighted by Gasteiger charge is 2.18. The van der Waals surface area contributed by atoms with Gasteiger partial charge in [0.2, 0.25) is 0 Å². The van der Waals surface area contributed by atoms with E-state index in [1.54, 1.807) is 12.1 Å². The van der Waals surface area contributed by atoms with Crippen molar-refractivity contribution in [2.45, 2.75) is 20.5 Å². The van der Waals surface area contributed by atoms with Crippen LogP contribution in [0.4, 0.5) is 5.69 Å². The van der Waals surface area contributed by atoms with Crippen molar-refractivity contribution in [3.63, 3.8) is 0 Å². The molecule has 0 amide bonds. The molecule has 28 heavy (non-hydrogen) atoms. The normalized spacial score (nSPS) is 10.4. The lowest BCUT2D eigenvalue weighted by atomic mass is 10.1. The molecule has 142 valence electrons. The molecule has 0 saturated carbocycles. The van der Waals surface area contributed by atoms with Gasteiger partial charge < -0.3 is 9.47 Å². The zero-order chi connectivity index (χ0) is 20.1. The van der Waals surface area contributed by atoms with Crippen LogP contribution < -0.4 is 9.47 Å². The Morgan fingerprint density at radius 1 is 1.00 bits per heavy atom. The minimum atomic E-state index is -0.479. The zero-order valence-corrected chi connectivity index (χ0v) is 15.5. The average Bonchev–Trinajstić information content (AvgIpc) is 2.67. The summed E-state index contributed by atoms with van der Waals surface area (Å²) in [5, 5.41) is 10.8. The molecule has 3 rings (SSSR count). The molecular formula is C22H19NO5. The van der Waals surface area contributed by atoms with Crippen molar-refractivity contribution < 1.29 is 19.2 Å². The Morgan fingerprint density at radius 2 is 1.64 bits per heavy atom. The molecule has 6 heteroatoms. The molecule has 0 N–H and O–H groups in total. The number of benzene rings is 3. The highest BCUT2D eigenvalue weighted by Crippen LogP contribution is 2.35. The number of carbonyl (C=O) groups is 1. The summed E-state index contributed by atoms with van der Waals surface area (Å²) in [6, 6.07) is 18.9. The van der Waals surface area contributed by atoms with E-state index in [-0.39, 0.29) is 11.5 Å². The van der Waals surface area contributed by atoms with Crippen LogP contribution in [-0.4, -0.2) is 10.7 Å². The molecular weight excluding hydrogens is 358 g/mol. The molecule has 0 aliphatic heterocycles. The van der Waals surface area contributed by atoms with E-state index in [2.05, 4.69) is 0 Å². The van der Waals surface area contributed by atoms with E-state index in [9.17, 15) is 14.9 Å². The van der Waals surface area contributed by atoms with Crippen LogP contribution in [-0.2, 0) is 6.61 Å². The number of ether oxygens (including phenoxy) is 2. The van der Waals surface area contributed by atoms with Crippen molar-refractivity contribution in [2.75, 3.05) is 0 Å². The summed E-state index contributed by atoms with van der Waals surface area (Å²) in [6.07, 6.45) is 0. The summed E-state index contributed by atoms with van der Waals surface area (Å²) in [6.45, 7) is 3.65. The van der Waals surface area contributed by atoms with Gasteiger partial charge in [0.25, 0.3) is 5.69 Å². The van der Waals surface area contributed by atoms with Crippen LogP contribution in [0.5, 0.6) is 17.2 Å². The minimum Gasteiger partial charge on any atom is -0.488 e. The number of Topliss-reactive ketones (excluding diaryl/α,β-unsaturated/α-hetero) is 1. The number of ketones is 1. The van der Waals surface area contributed by atoms with E-state index in [0.717, 1.165) is 11.1 Å². The van der Waals surface area contributed by atoms with Crippen LogP contribution in [0.2, 0.25) is 0 Å². The van der Waals surface area contributed by atoms with Crippen LogP contribution in [0.1, 0.15) is 28.4 Å². The third kappa shape index (κ3) is 4.54. The number of nitro benzene ring substituents is 1. The van der Waals surface area contributed by atoms with Crippen molar-refractivity contribution in [2.24, 2.45) is 0 Å². The molecule has 0 spiro atoms. The summed E-state index contributed by atoms with van der Waals surface area (Å²) in [7, 11) is 0. The standard InChI is InChI=1S/C22H19NO5/c1-15-12-20(27-14-17-6-4-3-5-7-17)22(16(2)24)21(13-15)28-19-10-8-18(9-11-19)23(25)26/h3-13H,14H2,1-2H3. The fraction of sp³-hybridized carbons (Fsp3) is 0.136. The quantitative estimate of drug-likeness (QED) is 0.310. The summed E-state index contributed by atoms with van der Waals surface area (Å²) in [5.41, 5.74) is 2.15. The topological polar surface area (TPSA) is 78.7 Å². The summed E-state index contributed by atoms with van der Waals surface area (Å²) >= 11 is 0. The van der Waals surface area contributed by atoms with Crippen LogP contribution in [0.25, 0.3) is 0 Å². The lowest BCUT2D eigenvalue weighted by Gasteiger charge is -2.16. The molecule has 0 atom stereocenters. The monoisotopic (exact) mass is 377 g/mol. The fourth-order valence-corrected chi connectivity index (χ4v) is 2.76. The number of non-ortho nitro benzene ring substituents is 1. The van der Waals surface area contributed by atoms with Gasteiger partial charge in [0, 0.05) is 12.1 Å². The molecule has 3 aromatic rings. The van der Waals surface area contributed by atoms with Crippen molar-refractivity contribution >= 4 is 11.5 Å². The SMILES string of the molecule is CC(=O)c1c(OCc2ccccc2)cc(C)cc1Oc1ccc([N+](=O)[O-])cc1. The van der Waals surface area contributed by atoms with E-state index >= 15 is 0 Å². The first-order valence-electron chi connectivity index (χ1n) is 8.68. The number of hydrogen-bond donors (Lipinski definition) is 0. The van der Waals surface area contributed by atoms with Gasteiger partial charge in [-0.3, -0.25) is 14.9 Å². The van der Waals surface area contributed by atoms with Gasteiger partial charge in [0.1, 0.15) is 29.4 Å². The maximum Gasteiger partial charge on any atom is 0.269 e. The number of aryl methyl sites for hydroxylation is 1. The molecule has 3 aromatic carbocycles. The molecule has 0 fully saturated rings. The first kappa shape index (κ1) is 19.1. The van der Waals surface area contributed by atoms with Crippen molar-refractivity contribution in [1.82, 2.24) is 0 Å². The van der Waals surface area contributed by atoms with E-state index < -0.39 is 4.92 Å². The van der Waals surface area contributed by atoms with E-state index in [1.807, 2.05) is 37.3 Å². The number of nitrogens with zero attached hydrogens (tertiary/aromatic N) is 1. The Hall–Kier alpha value is -3.67. The van der Waals surface area contributed by atoms with Crippen LogP contribution in [0.15, 0.2) is 66.7 Å². The second kappa shape index (κ2) is 8.35. The Morgan fingerprint density at radius 3 is 2.25 bits per heavy atom. The number of carbonyl (C=O) groups excluding carboxylic acids is 1. The maximum atomic E-state index is 12.3. The lowest BCUT2D eigenvalue weighted by molar-refractivity contribution is -0.384. The summed E-state index contributed by atoms with van der Waals surface area (Å²) < 4.78 is 11.8. The Kier molecular flexibility index (Phi) is 5.69. The van der Waals surface area contributed by atoms with Gasteiger partial charge >= 0.3 is 0 Å². The van der Waals surface area contributed by atoms with E-state index in [1.165, 1.54) is 31.2 Å². The van der Waals surface area contributed by atoms with Crippen molar-refractivity contribution in [1.29, 1.82) is 0 Å². The predicted octanol–water partition coefficient (Wildman–Crippen LogP) is 5.48. The van der Waals surface area contributed by atoms with Gasteiger partial charge in [-0.05, 0) is 49.2 Å². The van der Waals surface area contributed by atoms with Crippen LogP contribution in [0, 0.1) is 17.0 Å². The molecule has 0 saturated heterocycles. The van der Waals surface area contributed by atoms with Crippen LogP contribution >= 0.6 is 0 Å². The van der Waals surface area contributed by atoms with Gasteiger partial charge in [0.05, 0.1) is 4.92 Å². The highest BCUT2D eigenvalue weighted by molar-refractivity contribution is 5.99. The second-order valence-electron chi connectivity index (χ2n) is 6.32. The Labute approximate surface area is 162 Å². The highest BCUT2D eigenvalue weighted by atomic mass is 16.6. The van der Waals surface area contributed by atoms with Crippen molar-refractivity contribution in [3.05, 3.63) is 93.5 Å². The predicted molar refractivity (Wildman–Crippen MR) is 105 cm³/mol. The zero-order valence-electron chi connectivity index (χ0n) is 15.5. The van der Waals surface area contributed by atoms with Gasteiger partial charge in [-0.15, -0.1) is 0 Å². The van der Waals surface area contributed by atoms with Gasteiger partial charge in [0.15, 0.2) is 5.78 Å². The van der Waals surface area contributed by atoms with Gasteiger partial charge in [-0.1, -0.05) is 30.3 Å². The third-order valence-corrected chi connectivity index (χ3v) is 4.07. The summed E-state index contributed by atoms with van der Waals surface area (Å²) in [4.78, 5) is 22.6. The van der Waals surface area contributed by atoms with Crippen LogP contribution in [0.3, 0.4) is 0 Å². The maximum absolute atomic E-state index is 12.3. The summed E-state index contributed by atoms with van der Waals surface area (Å²) in [5.74, 6) is 0.991. The molecule has 0 heterocycles. The fourth-order valence-electron chi connectivity index (χ4n) is 2.76. The Balaban J connectivity index is 1.90. The molecule has 0 aliphatic rings. The van der Waals surface area contributed by atoms with Gasteiger partial charge in [-0.25, -0.2) is 0 Å². The Bertz CT molecular complexity index is 997. The average molecular weight is 377 g/mol. The smallest absolute Gasteiger partial charge is 0.269 e. The molecule has 0 aliphatic carbocycles. The molecule has 0 radical (unpaired) electrons. The van der Waals surface area contributed by atoms with E-state index in [4.69, 9.17) is 9.47 Å². The number of rotatable bonds is 7. The lowest BCUT2D eigenvalue weighted by Crippen LogP contribution is -2.04. The largest absolute Gasteiger partial charge is 0.488 e. The third-order valence-electron chi connectivity index (χ3n) is 4.07.